The summed E-state index contributed by atoms with van der Waals surface area (Å²) >= 11 is 0. The molecule has 28 heavy (non-hydrogen) atoms. The third-order valence-electron chi connectivity index (χ3n) is 4.64. The Morgan fingerprint density at radius 2 is 2.07 bits per heavy atom. The van der Waals surface area contributed by atoms with Crippen molar-refractivity contribution in [3.63, 3.8) is 0 Å². The average molecular weight is 496 g/mol. The molecule has 0 saturated heterocycles. The fraction of sp³-hybridized carbons (Fsp3) is 0.400. The second-order valence-electron chi connectivity index (χ2n) is 6.93. The summed E-state index contributed by atoms with van der Waals surface area (Å²) in [6, 6.07) is 10.3. The Morgan fingerprint density at radius 3 is 2.68 bits per heavy atom. The minimum atomic E-state index is -0.000187. The van der Waals surface area contributed by atoms with Gasteiger partial charge in [-0.15, -0.1) is 24.0 Å². The number of hydrogen-bond donors (Lipinski definition) is 2. The van der Waals surface area contributed by atoms with Crippen LogP contribution in [0.3, 0.4) is 0 Å². The molecule has 2 atom stereocenters. The highest BCUT2D eigenvalue weighted by Crippen LogP contribution is 2.23. The zero-order chi connectivity index (χ0) is 19.4. The van der Waals surface area contributed by atoms with E-state index in [1.807, 2.05) is 42.3 Å². The number of aromatic nitrogens is 2. The summed E-state index contributed by atoms with van der Waals surface area (Å²) in [6.07, 6.45) is 3.94. The molecule has 2 N–H and O–H groups in total. The first-order valence-electron chi connectivity index (χ1n) is 9.08. The number of nitrogens with one attached hydrogen (secondary N) is 2. The number of benzene rings is 1. The van der Waals surface area contributed by atoms with Crippen molar-refractivity contribution in [3.8, 4) is 0 Å². The Hall–Kier alpha value is -2.07. The van der Waals surface area contributed by atoms with Crippen LogP contribution in [0.1, 0.15) is 30.3 Å². The fourth-order valence-corrected chi connectivity index (χ4v) is 3.09. The van der Waals surface area contributed by atoms with Crippen LogP contribution in [0.25, 0.3) is 11.0 Å². The van der Waals surface area contributed by atoms with Crippen molar-refractivity contribution in [2.45, 2.75) is 19.0 Å². The summed E-state index contributed by atoms with van der Waals surface area (Å²) in [6.45, 7) is 2.78. The van der Waals surface area contributed by atoms with Gasteiger partial charge in [-0.1, -0.05) is 18.2 Å². The summed E-state index contributed by atoms with van der Waals surface area (Å²) in [7, 11) is 7.83. The molecule has 0 amide bonds. The van der Waals surface area contributed by atoms with Gasteiger partial charge in [0.25, 0.3) is 0 Å². The molecule has 0 spiro atoms. The monoisotopic (exact) mass is 496 g/mol. The van der Waals surface area contributed by atoms with Crippen molar-refractivity contribution in [3.05, 3.63) is 54.0 Å². The third kappa shape index (κ3) is 5.26. The van der Waals surface area contributed by atoms with E-state index in [2.05, 4.69) is 58.8 Å². The van der Waals surface area contributed by atoms with Crippen LogP contribution in [0.4, 0.5) is 0 Å². The third-order valence-corrected chi connectivity index (χ3v) is 4.64. The lowest BCUT2D eigenvalue weighted by Crippen LogP contribution is -2.42. The van der Waals surface area contributed by atoms with Crippen LogP contribution in [0.5, 0.6) is 0 Å². The number of furan rings is 1. The number of aryl methyl sites for hydroxylation is 1. The highest BCUT2D eigenvalue weighted by molar-refractivity contribution is 14.0. The molecule has 0 bridgehead atoms. The maximum atomic E-state index is 5.95. The van der Waals surface area contributed by atoms with Gasteiger partial charge < -0.3 is 20.0 Å². The minimum absolute atomic E-state index is 0. The van der Waals surface area contributed by atoms with Crippen LogP contribution in [0.15, 0.2) is 52.1 Å². The van der Waals surface area contributed by atoms with Gasteiger partial charge >= 0.3 is 0 Å². The smallest absolute Gasteiger partial charge is 0.191 e. The van der Waals surface area contributed by atoms with E-state index in [-0.39, 0.29) is 36.1 Å². The first kappa shape index (κ1) is 22.2. The van der Waals surface area contributed by atoms with Gasteiger partial charge in [0, 0.05) is 37.8 Å². The van der Waals surface area contributed by atoms with Gasteiger partial charge in [0.15, 0.2) is 5.96 Å². The molecular formula is C20H29IN6O. The molecule has 7 nitrogen and oxygen atoms in total. The van der Waals surface area contributed by atoms with Gasteiger partial charge in [-0.3, -0.25) is 9.67 Å². The van der Waals surface area contributed by atoms with Crippen molar-refractivity contribution in [2.75, 3.05) is 27.7 Å². The summed E-state index contributed by atoms with van der Waals surface area (Å²) in [5.74, 6) is 1.62. The predicted octanol–water partition coefficient (Wildman–Crippen LogP) is 3.31. The van der Waals surface area contributed by atoms with Crippen LogP contribution in [-0.2, 0) is 7.05 Å². The lowest BCUT2D eigenvalue weighted by Gasteiger charge is -2.25. The van der Waals surface area contributed by atoms with Gasteiger partial charge in [-0.05, 0) is 33.2 Å². The lowest BCUT2D eigenvalue weighted by atomic mass is 10.1. The molecule has 2 heterocycles. The highest BCUT2D eigenvalue weighted by Gasteiger charge is 2.18. The first-order chi connectivity index (χ1) is 13.0. The molecule has 0 fully saturated rings. The standard InChI is InChI=1S/C20H28N6O.HI/c1-14(19-10-15-8-6-7-9-18(15)27-19)24-20(21-2)22-12-17(25(3)4)16-11-23-26(5)13-16;/h6-11,13-14,17H,12H2,1-5H3,(H2,21,22,24);1H. The maximum Gasteiger partial charge on any atom is 0.191 e. The van der Waals surface area contributed by atoms with Crippen molar-refractivity contribution >= 4 is 40.9 Å². The number of rotatable bonds is 6. The quantitative estimate of drug-likeness (QED) is 0.312. The van der Waals surface area contributed by atoms with E-state index in [4.69, 9.17) is 4.42 Å². The Labute approximate surface area is 183 Å². The first-order valence-corrected chi connectivity index (χ1v) is 9.08. The molecule has 2 unspecified atom stereocenters. The Kier molecular flexibility index (Phi) is 7.88. The molecule has 8 heteroatoms. The van der Waals surface area contributed by atoms with Gasteiger partial charge in [0.1, 0.15) is 11.3 Å². The number of halogens is 1. The molecule has 0 aliphatic heterocycles. The van der Waals surface area contributed by atoms with Crippen LogP contribution >= 0.6 is 24.0 Å². The molecule has 152 valence electrons. The molecule has 3 rings (SSSR count). The van der Waals surface area contributed by atoms with E-state index in [9.17, 15) is 0 Å². The molecule has 0 saturated carbocycles. The van der Waals surface area contributed by atoms with Crippen molar-refractivity contribution in [1.29, 1.82) is 0 Å². The predicted molar refractivity (Wildman–Crippen MR) is 124 cm³/mol. The zero-order valence-corrected chi connectivity index (χ0v) is 19.3. The van der Waals surface area contributed by atoms with E-state index < -0.39 is 0 Å². The van der Waals surface area contributed by atoms with Crippen LogP contribution in [-0.4, -0.2) is 48.3 Å². The van der Waals surface area contributed by atoms with Gasteiger partial charge in [0.2, 0.25) is 0 Å². The number of nitrogens with zero attached hydrogens (tertiary/aromatic N) is 4. The Morgan fingerprint density at radius 1 is 1.32 bits per heavy atom. The fourth-order valence-electron chi connectivity index (χ4n) is 3.09. The summed E-state index contributed by atoms with van der Waals surface area (Å²) in [4.78, 5) is 6.52. The average Bonchev–Trinajstić information content (AvgIpc) is 3.26. The van der Waals surface area contributed by atoms with E-state index in [0.29, 0.717) is 6.54 Å². The van der Waals surface area contributed by atoms with E-state index in [1.165, 1.54) is 0 Å². The largest absolute Gasteiger partial charge is 0.459 e. The van der Waals surface area contributed by atoms with Crippen LogP contribution in [0.2, 0.25) is 0 Å². The van der Waals surface area contributed by atoms with Gasteiger partial charge in [-0.25, -0.2) is 0 Å². The van der Waals surface area contributed by atoms with Crippen molar-refractivity contribution in [2.24, 2.45) is 12.0 Å². The topological polar surface area (TPSA) is 70.6 Å². The molecule has 0 aliphatic rings. The van der Waals surface area contributed by atoms with Crippen LogP contribution < -0.4 is 10.6 Å². The molecule has 0 aliphatic carbocycles. The molecule has 3 aromatic rings. The highest BCUT2D eigenvalue weighted by atomic mass is 127. The molecular weight excluding hydrogens is 467 g/mol. The number of aliphatic imine (C=N–C) groups is 1. The number of hydrogen-bond acceptors (Lipinski definition) is 4. The summed E-state index contributed by atoms with van der Waals surface area (Å²) in [5, 5.41) is 12.2. The van der Waals surface area contributed by atoms with Gasteiger partial charge in [-0.2, -0.15) is 5.10 Å². The van der Waals surface area contributed by atoms with E-state index in [1.54, 1.807) is 7.05 Å². The number of likely N-dealkylation sites (N-methyl/N-ethyl adjacent to an activating group) is 1. The molecule has 1 aromatic carbocycles. The summed E-state index contributed by atoms with van der Waals surface area (Å²) < 4.78 is 7.77. The summed E-state index contributed by atoms with van der Waals surface area (Å²) in [5.41, 5.74) is 2.06. The van der Waals surface area contributed by atoms with Crippen molar-refractivity contribution in [1.82, 2.24) is 25.3 Å². The normalized spacial score (nSPS) is 14.0. The van der Waals surface area contributed by atoms with Gasteiger partial charge in [0.05, 0.1) is 18.3 Å². The number of para-hydroxylation sites is 1. The second kappa shape index (κ2) is 9.92. The SMILES string of the molecule is CN=C(NCC(c1cnn(C)c1)N(C)C)NC(C)c1cc2ccccc2o1.I. The Balaban J connectivity index is 0.00000280. The zero-order valence-electron chi connectivity index (χ0n) is 17.0. The Bertz CT molecular complexity index is 883. The minimum Gasteiger partial charge on any atom is -0.459 e. The maximum absolute atomic E-state index is 5.95. The van der Waals surface area contributed by atoms with Crippen LogP contribution in [0, 0.1) is 0 Å². The lowest BCUT2D eigenvalue weighted by molar-refractivity contribution is 0.297. The molecule has 0 radical (unpaired) electrons. The number of fused-ring (bicyclic) bond motifs is 1. The van der Waals surface area contributed by atoms with Crippen molar-refractivity contribution < 1.29 is 4.42 Å². The second-order valence-corrected chi connectivity index (χ2v) is 6.93. The molecule has 2 aromatic heterocycles. The van der Waals surface area contributed by atoms with E-state index >= 15 is 0 Å². The van der Waals surface area contributed by atoms with E-state index in [0.717, 1.165) is 28.3 Å². The number of guanidine groups is 1.